The molecule has 17 heavy (non-hydrogen) atoms. The Labute approximate surface area is 99.2 Å². The number of Topliss-reactive ketones (excluding diaryl/α,β-unsaturated/α-hetero) is 1. The first-order valence-electron chi connectivity index (χ1n) is 5.04. The molecule has 1 aromatic rings. The number of carbonyl (C=O) groups is 2. The van der Waals surface area contributed by atoms with Gasteiger partial charge in [-0.25, -0.2) is 4.79 Å². The average Bonchev–Trinajstić information content (AvgIpc) is 2.35. The topological polar surface area (TPSA) is 63.6 Å². The van der Waals surface area contributed by atoms with Crippen LogP contribution in [0.3, 0.4) is 0 Å². The minimum absolute atomic E-state index is 0.206. The fraction of sp³-hybridized carbons (Fsp3) is 0.231. The highest BCUT2D eigenvalue weighted by molar-refractivity contribution is 6.08. The Morgan fingerprint density at radius 3 is 2.59 bits per heavy atom. The van der Waals surface area contributed by atoms with Crippen LogP contribution in [0.1, 0.15) is 17.3 Å². The first-order valence-corrected chi connectivity index (χ1v) is 5.04. The van der Waals surface area contributed by atoms with Crippen LogP contribution in [0.25, 0.3) is 0 Å². The normalized spacial score (nSPS) is 10.9. The molecule has 0 aliphatic rings. The molecule has 0 radical (unpaired) electrons. The number of rotatable bonds is 3. The molecule has 1 atom stereocenters. The highest BCUT2D eigenvalue weighted by atomic mass is 16.5. The molecule has 4 nitrogen and oxygen atoms in total. The van der Waals surface area contributed by atoms with E-state index in [2.05, 4.69) is 16.6 Å². The lowest BCUT2D eigenvalue weighted by Gasteiger charge is -2.01. The van der Waals surface area contributed by atoms with Crippen molar-refractivity contribution in [1.29, 1.82) is 0 Å². The third-order valence-electron chi connectivity index (χ3n) is 1.87. The number of aliphatic hydroxyl groups is 1. The number of hydrogen-bond donors (Lipinski definition) is 1. The number of aliphatic hydroxyl groups excluding tert-OH is 1. The van der Waals surface area contributed by atoms with E-state index < -0.39 is 12.1 Å². The van der Waals surface area contributed by atoms with E-state index in [9.17, 15) is 9.59 Å². The van der Waals surface area contributed by atoms with Gasteiger partial charge in [0.1, 0.15) is 6.10 Å². The standard InChI is InChI=1S/C13H12O4/c1-10(14)13(16)17-9-5-8-12(15)11-6-3-2-4-7-11/h2-4,6-7,10,14H,9H2,1H3. The van der Waals surface area contributed by atoms with Gasteiger partial charge in [0.25, 0.3) is 0 Å². The Hall–Kier alpha value is -2.12. The lowest BCUT2D eigenvalue weighted by atomic mass is 10.1. The Balaban J connectivity index is 2.46. The molecule has 0 bridgehead atoms. The second-order valence-corrected chi connectivity index (χ2v) is 3.28. The van der Waals surface area contributed by atoms with Crippen LogP contribution in [-0.4, -0.2) is 29.6 Å². The zero-order chi connectivity index (χ0) is 12.7. The molecule has 0 aromatic heterocycles. The van der Waals surface area contributed by atoms with E-state index >= 15 is 0 Å². The van der Waals surface area contributed by atoms with E-state index in [4.69, 9.17) is 5.11 Å². The molecule has 1 N–H and O–H groups in total. The fourth-order valence-corrected chi connectivity index (χ4v) is 1.01. The quantitative estimate of drug-likeness (QED) is 0.362. The second kappa shape index (κ2) is 6.46. The van der Waals surface area contributed by atoms with E-state index in [1.807, 2.05) is 0 Å². The molecule has 0 aliphatic carbocycles. The van der Waals surface area contributed by atoms with Crippen LogP contribution >= 0.6 is 0 Å². The summed E-state index contributed by atoms with van der Waals surface area (Å²) >= 11 is 0. The first-order chi connectivity index (χ1) is 8.11. The van der Waals surface area contributed by atoms with Crippen molar-refractivity contribution in [3.8, 4) is 11.8 Å². The maximum absolute atomic E-state index is 11.5. The van der Waals surface area contributed by atoms with Crippen LogP contribution in [0.4, 0.5) is 0 Å². The molecule has 0 fully saturated rings. The summed E-state index contributed by atoms with van der Waals surface area (Å²) in [5, 5.41) is 8.82. The second-order valence-electron chi connectivity index (χ2n) is 3.28. The molecular weight excluding hydrogens is 220 g/mol. The highest BCUT2D eigenvalue weighted by Gasteiger charge is 2.08. The number of esters is 1. The van der Waals surface area contributed by atoms with E-state index in [0.29, 0.717) is 5.56 Å². The number of hydrogen-bond acceptors (Lipinski definition) is 4. The number of benzene rings is 1. The zero-order valence-electron chi connectivity index (χ0n) is 9.34. The van der Waals surface area contributed by atoms with Crippen LogP contribution in [0.15, 0.2) is 30.3 Å². The molecule has 1 aromatic carbocycles. The predicted molar refractivity (Wildman–Crippen MR) is 61.2 cm³/mol. The minimum Gasteiger partial charge on any atom is -0.451 e. The van der Waals surface area contributed by atoms with Crippen LogP contribution in [0, 0.1) is 11.8 Å². The van der Waals surface area contributed by atoms with Gasteiger partial charge in [0, 0.05) is 5.56 Å². The van der Waals surface area contributed by atoms with E-state index in [0.717, 1.165) is 0 Å². The molecule has 1 unspecified atom stereocenters. The van der Waals surface area contributed by atoms with Crippen LogP contribution in [0.5, 0.6) is 0 Å². The van der Waals surface area contributed by atoms with E-state index in [1.165, 1.54) is 6.92 Å². The number of ether oxygens (including phenoxy) is 1. The summed E-state index contributed by atoms with van der Waals surface area (Å²) in [6.07, 6.45) is -1.18. The van der Waals surface area contributed by atoms with Crippen molar-refractivity contribution in [3.63, 3.8) is 0 Å². The van der Waals surface area contributed by atoms with Gasteiger partial charge in [-0.15, -0.1) is 0 Å². The Morgan fingerprint density at radius 2 is 2.00 bits per heavy atom. The Bertz CT molecular complexity index is 451. The van der Waals surface area contributed by atoms with Crippen molar-refractivity contribution >= 4 is 11.8 Å². The van der Waals surface area contributed by atoms with Crippen LogP contribution in [-0.2, 0) is 9.53 Å². The zero-order valence-corrected chi connectivity index (χ0v) is 9.34. The molecule has 4 heteroatoms. The van der Waals surface area contributed by atoms with Crippen molar-refractivity contribution in [2.75, 3.05) is 6.61 Å². The summed E-state index contributed by atoms with van der Waals surface area (Å²) in [5.74, 6) is 3.67. The first kappa shape index (κ1) is 12.9. The summed E-state index contributed by atoms with van der Waals surface area (Å²) < 4.78 is 4.57. The lowest BCUT2D eigenvalue weighted by Crippen LogP contribution is -2.19. The van der Waals surface area contributed by atoms with Gasteiger partial charge in [-0.05, 0) is 12.8 Å². The third kappa shape index (κ3) is 4.49. The summed E-state index contributed by atoms with van der Waals surface area (Å²) in [6.45, 7) is 1.09. The van der Waals surface area contributed by atoms with Gasteiger partial charge in [-0.3, -0.25) is 4.79 Å². The van der Waals surface area contributed by atoms with Gasteiger partial charge in [0.15, 0.2) is 6.61 Å². The summed E-state index contributed by atoms with van der Waals surface area (Å²) in [7, 11) is 0. The SMILES string of the molecule is CC(O)C(=O)OCC#CC(=O)c1ccccc1. The summed E-state index contributed by atoms with van der Waals surface area (Å²) in [6, 6.07) is 8.58. The van der Waals surface area contributed by atoms with Crippen molar-refractivity contribution in [2.45, 2.75) is 13.0 Å². The van der Waals surface area contributed by atoms with Crippen molar-refractivity contribution < 1.29 is 19.4 Å². The molecule has 1 rings (SSSR count). The largest absolute Gasteiger partial charge is 0.451 e. The molecule has 0 aliphatic heterocycles. The molecule has 88 valence electrons. The van der Waals surface area contributed by atoms with Crippen molar-refractivity contribution in [2.24, 2.45) is 0 Å². The number of carbonyl (C=O) groups excluding carboxylic acids is 2. The van der Waals surface area contributed by atoms with E-state index in [-0.39, 0.29) is 12.4 Å². The molecular formula is C13H12O4. The van der Waals surface area contributed by atoms with Crippen LogP contribution < -0.4 is 0 Å². The van der Waals surface area contributed by atoms with Gasteiger partial charge in [0.2, 0.25) is 5.78 Å². The predicted octanol–water partition coefficient (Wildman–Crippen LogP) is 0.797. The summed E-state index contributed by atoms with van der Waals surface area (Å²) in [4.78, 5) is 22.3. The van der Waals surface area contributed by atoms with Gasteiger partial charge >= 0.3 is 5.97 Å². The Morgan fingerprint density at radius 1 is 1.35 bits per heavy atom. The molecule has 0 amide bonds. The maximum atomic E-state index is 11.5. The molecule has 0 saturated carbocycles. The average molecular weight is 232 g/mol. The number of ketones is 1. The van der Waals surface area contributed by atoms with E-state index in [1.54, 1.807) is 30.3 Å². The van der Waals surface area contributed by atoms with Gasteiger partial charge in [-0.2, -0.15) is 0 Å². The third-order valence-corrected chi connectivity index (χ3v) is 1.87. The monoisotopic (exact) mass is 232 g/mol. The van der Waals surface area contributed by atoms with Crippen molar-refractivity contribution in [3.05, 3.63) is 35.9 Å². The lowest BCUT2D eigenvalue weighted by molar-refractivity contribution is -0.150. The maximum Gasteiger partial charge on any atom is 0.335 e. The Kier molecular flexibility index (Phi) is 4.92. The van der Waals surface area contributed by atoms with Gasteiger partial charge in [-0.1, -0.05) is 36.3 Å². The fourth-order valence-electron chi connectivity index (χ4n) is 1.01. The van der Waals surface area contributed by atoms with Crippen LogP contribution in [0.2, 0.25) is 0 Å². The smallest absolute Gasteiger partial charge is 0.335 e. The van der Waals surface area contributed by atoms with Crippen molar-refractivity contribution in [1.82, 2.24) is 0 Å². The molecule has 0 heterocycles. The van der Waals surface area contributed by atoms with Gasteiger partial charge in [0.05, 0.1) is 0 Å². The minimum atomic E-state index is -1.18. The molecule has 0 spiro atoms. The van der Waals surface area contributed by atoms with Gasteiger partial charge < -0.3 is 9.84 Å². The highest BCUT2D eigenvalue weighted by Crippen LogP contribution is 1.98. The molecule has 0 saturated heterocycles. The summed E-state index contributed by atoms with van der Waals surface area (Å²) in [5.41, 5.74) is 0.488.